The first kappa shape index (κ1) is 18.0. The Morgan fingerprint density at radius 2 is 1.67 bits per heavy atom. The molecule has 1 amide bonds. The molecular formula is C17H20N2O4S. The molecule has 128 valence electrons. The van der Waals surface area contributed by atoms with Crippen LogP contribution in [0, 0.1) is 0 Å². The highest BCUT2D eigenvalue weighted by atomic mass is 32.2. The van der Waals surface area contributed by atoms with Gasteiger partial charge in [0, 0.05) is 11.7 Å². The number of carbonyl (C=O) groups excluding carboxylic acids is 1. The molecule has 0 saturated heterocycles. The molecule has 2 aromatic carbocycles. The van der Waals surface area contributed by atoms with Crippen molar-refractivity contribution in [3.63, 3.8) is 0 Å². The summed E-state index contributed by atoms with van der Waals surface area (Å²) in [4.78, 5) is 12.0. The largest absolute Gasteiger partial charge is 0.484 e. The highest BCUT2D eigenvalue weighted by Crippen LogP contribution is 2.14. The molecule has 0 unspecified atom stereocenters. The minimum Gasteiger partial charge on any atom is -0.484 e. The minimum absolute atomic E-state index is 0.126. The van der Waals surface area contributed by atoms with Crippen LogP contribution in [0.1, 0.15) is 13.8 Å². The molecule has 6 nitrogen and oxygen atoms in total. The third kappa shape index (κ3) is 5.36. The average molecular weight is 348 g/mol. The Morgan fingerprint density at radius 3 is 2.25 bits per heavy atom. The topological polar surface area (TPSA) is 84.5 Å². The van der Waals surface area contributed by atoms with E-state index in [4.69, 9.17) is 4.74 Å². The van der Waals surface area contributed by atoms with Crippen LogP contribution in [0.15, 0.2) is 59.5 Å². The maximum absolute atomic E-state index is 12.0. The van der Waals surface area contributed by atoms with E-state index in [1.807, 2.05) is 18.2 Å². The van der Waals surface area contributed by atoms with Gasteiger partial charge in [0.15, 0.2) is 6.61 Å². The Hall–Kier alpha value is -2.38. The average Bonchev–Trinajstić information content (AvgIpc) is 2.53. The summed E-state index contributed by atoms with van der Waals surface area (Å²) in [6, 6.07) is 14.8. The lowest BCUT2D eigenvalue weighted by Crippen LogP contribution is -2.30. The Morgan fingerprint density at radius 1 is 1.04 bits per heavy atom. The number of nitrogens with one attached hydrogen (secondary N) is 2. The number of rotatable bonds is 7. The fraction of sp³-hybridized carbons (Fsp3) is 0.235. The van der Waals surface area contributed by atoms with Crippen LogP contribution >= 0.6 is 0 Å². The molecule has 0 radical (unpaired) electrons. The van der Waals surface area contributed by atoms with E-state index in [1.54, 1.807) is 26.0 Å². The molecule has 0 aromatic heterocycles. The SMILES string of the molecule is CC(C)NS(=O)(=O)c1ccc(NC(=O)COc2ccccc2)cc1. The predicted molar refractivity (Wildman–Crippen MR) is 92.5 cm³/mol. The normalized spacial score (nSPS) is 11.3. The fourth-order valence-electron chi connectivity index (χ4n) is 1.96. The van der Waals surface area contributed by atoms with E-state index in [9.17, 15) is 13.2 Å². The molecule has 0 atom stereocenters. The molecule has 0 spiro atoms. The van der Waals surface area contributed by atoms with Crippen LogP contribution in [0.5, 0.6) is 5.75 Å². The number of para-hydroxylation sites is 1. The maximum atomic E-state index is 12.0. The van der Waals surface area contributed by atoms with Gasteiger partial charge in [-0.2, -0.15) is 0 Å². The first-order valence-electron chi connectivity index (χ1n) is 7.47. The molecule has 0 aliphatic rings. The molecule has 0 fully saturated rings. The molecule has 2 rings (SSSR count). The van der Waals surface area contributed by atoms with E-state index >= 15 is 0 Å². The van der Waals surface area contributed by atoms with E-state index in [1.165, 1.54) is 24.3 Å². The van der Waals surface area contributed by atoms with Crippen molar-refractivity contribution in [2.75, 3.05) is 11.9 Å². The number of hydrogen-bond acceptors (Lipinski definition) is 4. The summed E-state index contributed by atoms with van der Waals surface area (Å²) >= 11 is 0. The zero-order valence-corrected chi connectivity index (χ0v) is 14.3. The highest BCUT2D eigenvalue weighted by molar-refractivity contribution is 7.89. The van der Waals surface area contributed by atoms with Gasteiger partial charge in [-0.25, -0.2) is 13.1 Å². The van der Waals surface area contributed by atoms with Crippen molar-refractivity contribution >= 4 is 21.6 Å². The van der Waals surface area contributed by atoms with Crippen molar-refractivity contribution < 1.29 is 17.9 Å². The summed E-state index contributed by atoms with van der Waals surface area (Å²) in [5.74, 6) is 0.281. The number of carbonyl (C=O) groups is 1. The van der Waals surface area contributed by atoms with Gasteiger partial charge in [-0.05, 0) is 50.2 Å². The third-order valence-electron chi connectivity index (χ3n) is 2.95. The molecule has 0 bridgehead atoms. The molecule has 0 aliphatic heterocycles. The molecule has 24 heavy (non-hydrogen) atoms. The second-order valence-corrected chi connectivity index (χ2v) is 7.16. The van der Waals surface area contributed by atoms with Crippen LogP contribution in [0.25, 0.3) is 0 Å². The summed E-state index contributed by atoms with van der Waals surface area (Å²) in [5.41, 5.74) is 0.500. The van der Waals surface area contributed by atoms with Crippen LogP contribution < -0.4 is 14.8 Å². The number of ether oxygens (including phenoxy) is 1. The second-order valence-electron chi connectivity index (χ2n) is 5.45. The molecule has 7 heteroatoms. The van der Waals surface area contributed by atoms with Crippen molar-refractivity contribution in [2.45, 2.75) is 24.8 Å². The van der Waals surface area contributed by atoms with Gasteiger partial charge in [0.2, 0.25) is 10.0 Å². The van der Waals surface area contributed by atoms with E-state index < -0.39 is 10.0 Å². The van der Waals surface area contributed by atoms with Gasteiger partial charge in [0.05, 0.1) is 4.90 Å². The van der Waals surface area contributed by atoms with E-state index in [-0.39, 0.29) is 23.5 Å². The van der Waals surface area contributed by atoms with E-state index in [0.29, 0.717) is 11.4 Å². The number of benzene rings is 2. The van der Waals surface area contributed by atoms with Crippen molar-refractivity contribution in [1.29, 1.82) is 0 Å². The van der Waals surface area contributed by atoms with Gasteiger partial charge in [0.1, 0.15) is 5.75 Å². The zero-order valence-electron chi connectivity index (χ0n) is 13.5. The van der Waals surface area contributed by atoms with Crippen LogP contribution in [-0.4, -0.2) is 27.0 Å². The summed E-state index contributed by atoms with van der Waals surface area (Å²) in [7, 11) is -3.54. The number of hydrogen-bond donors (Lipinski definition) is 2. The standard InChI is InChI=1S/C17H20N2O4S/c1-13(2)19-24(21,22)16-10-8-14(9-11-16)18-17(20)12-23-15-6-4-3-5-7-15/h3-11,13,19H,12H2,1-2H3,(H,18,20). The minimum atomic E-state index is -3.54. The van der Waals surface area contributed by atoms with Crippen LogP contribution in [0.3, 0.4) is 0 Å². The van der Waals surface area contributed by atoms with Crippen molar-refractivity contribution in [1.82, 2.24) is 4.72 Å². The second kappa shape index (κ2) is 7.94. The summed E-state index contributed by atoms with van der Waals surface area (Å²) in [5, 5.41) is 2.65. The van der Waals surface area contributed by atoms with Gasteiger partial charge < -0.3 is 10.1 Å². The number of anilines is 1. The maximum Gasteiger partial charge on any atom is 0.262 e. The van der Waals surface area contributed by atoms with E-state index in [0.717, 1.165) is 0 Å². The Bertz CT molecular complexity index is 772. The summed E-state index contributed by atoms with van der Waals surface area (Å²) < 4.78 is 31.9. The third-order valence-corrected chi connectivity index (χ3v) is 4.63. The lowest BCUT2D eigenvalue weighted by Gasteiger charge is -2.11. The Labute approximate surface area is 141 Å². The molecule has 2 aromatic rings. The summed E-state index contributed by atoms with van der Waals surface area (Å²) in [6.07, 6.45) is 0. The molecule has 0 heterocycles. The monoisotopic (exact) mass is 348 g/mol. The first-order chi connectivity index (χ1) is 11.4. The van der Waals surface area contributed by atoms with Crippen LogP contribution in [0.2, 0.25) is 0 Å². The van der Waals surface area contributed by atoms with Crippen molar-refractivity contribution in [3.8, 4) is 5.75 Å². The zero-order chi connectivity index (χ0) is 17.6. The van der Waals surface area contributed by atoms with Gasteiger partial charge >= 0.3 is 0 Å². The predicted octanol–water partition coefficient (Wildman–Crippen LogP) is 2.39. The van der Waals surface area contributed by atoms with Crippen molar-refractivity contribution in [2.24, 2.45) is 0 Å². The van der Waals surface area contributed by atoms with Crippen molar-refractivity contribution in [3.05, 3.63) is 54.6 Å². The number of sulfonamides is 1. The van der Waals surface area contributed by atoms with Gasteiger partial charge in [0.25, 0.3) is 5.91 Å². The molecule has 2 N–H and O–H groups in total. The smallest absolute Gasteiger partial charge is 0.262 e. The fourth-order valence-corrected chi connectivity index (χ4v) is 3.21. The first-order valence-corrected chi connectivity index (χ1v) is 8.95. The molecular weight excluding hydrogens is 328 g/mol. The summed E-state index contributed by atoms with van der Waals surface area (Å²) in [6.45, 7) is 3.37. The lowest BCUT2D eigenvalue weighted by molar-refractivity contribution is -0.118. The highest BCUT2D eigenvalue weighted by Gasteiger charge is 2.15. The Kier molecular flexibility index (Phi) is 5.94. The van der Waals surface area contributed by atoms with Crippen LogP contribution in [0.4, 0.5) is 5.69 Å². The van der Waals surface area contributed by atoms with E-state index in [2.05, 4.69) is 10.0 Å². The Balaban J connectivity index is 1.92. The van der Waals surface area contributed by atoms with Gasteiger partial charge in [-0.15, -0.1) is 0 Å². The lowest BCUT2D eigenvalue weighted by atomic mass is 10.3. The molecule has 0 aliphatic carbocycles. The number of amides is 1. The van der Waals surface area contributed by atoms with Crippen LogP contribution in [-0.2, 0) is 14.8 Å². The molecule has 0 saturated carbocycles. The quantitative estimate of drug-likeness (QED) is 0.805. The van der Waals surface area contributed by atoms with Gasteiger partial charge in [-0.1, -0.05) is 18.2 Å². The van der Waals surface area contributed by atoms with Gasteiger partial charge in [-0.3, -0.25) is 4.79 Å².